The van der Waals surface area contributed by atoms with Gasteiger partial charge < -0.3 is 14.3 Å². The highest BCUT2D eigenvalue weighted by atomic mass is 16.5. The lowest BCUT2D eigenvalue weighted by Gasteiger charge is -1.98. The van der Waals surface area contributed by atoms with Crippen molar-refractivity contribution in [3.8, 4) is 0 Å². The van der Waals surface area contributed by atoms with E-state index < -0.39 is 5.97 Å². The molecule has 0 atom stereocenters. The first-order chi connectivity index (χ1) is 8.06. The Labute approximate surface area is 101 Å². The molecule has 0 amide bonds. The van der Waals surface area contributed by atoms with Crippen LogP contribution in [-0.4, -0.2) is 29.3 Å². The molecule has 96 valence electrons. The first-order valence-electron chi connectivity index (χ1n) is 5.86. The predicted octanol–water partition coefficient (Wildman–Crippen LogP) is 2.47. The number of carboxylic acids is 1. The fourth-order valence-corrected chi connectivity index (χ4v) is 1.50. The number of oxazole rings is 1. The molecule has 0 aliphatic heterocycles. The zero-order valence-electron chi connectivity index (χ0n) is 10.5. The van der Waals surface area contributed by atoms with Gasteiger partial charge in [-0.15, -0.1) is 0 Å². The molecule has 0 aromatic carbocycles. The molecule has 0 aliphatic rings. The summed E-state index contributed by atoms with van der Waals surface area (Å²) in [5.74, 6) is -0.569. The fourth-order valence-electron chi connectivity index (χ4n) is 1.50. The number of aromatic nitrogens is 1. The molecule has 5 heteroatoms. The quantitative estimate of drug-likeness (QED) is 0.742. The van der Waals surface area contributed by atoms with Gasteiger partial charge in [0, 0.05) is 19.6 Å². The summed E-state index contributed by atoms with van der Waals surface area (Å²) in [5, 5.41) is 8.98. The van der Waals surface area contributed by atoms with Gasteiger partial charge in [0.25, 0.3) is 0 Å². The highest BCUT2D eigenvalue weighted by Crippen LogP contribution is 2.20. The van der Waals surface area contributed by atoms with Crippen LogP contribution in [0.4, 0.5) is 0 Å². The summed E-state index contributed by atoms with van der Waals surface area (Å²) in [7, 11) is 0. The van der Waals surface area contributed by atoms with Crippen LogP contribution in [0.3, 0.4) is 0 Å². The van der Waals surface area contributed by atoms with E-state index in [0.717, 1.165) is 6.42 Å². The number of carbonyl (C=O) groups is 1. The van der Waals surface area contributed by atoms with Gasteiger partial charge in [0.2, 0.25) is 5.76 Å². The van der Waals surface area contributed by atoms with Crippen molar-refractivity contribution in [2.24, 2.45) is 0 Å². The molecule has 5 nitrogen and oxygen atoms in total. The second kappa shape index (κ2) is 6.39. The van der Waals surface area contributed by atoms with Crippen molar-refractivity contribution in [2.45, 2.75) is 39.5 Å². The molecule has 0 radical (unpaired) electrons. The van der Waals surface area contributed by atoms with Gasteiger partial charge in [-0.25, -0.2) is 9.78 Å². The number of aryl methyl sites for hydroxylation is 1. The minimum Gasteiger partial charge on any atom is -0.475 e. The zero-order valence-corrected chi connectivity index (χ0v) is 10.5. The number of rotatable bonds is 7. The number of ether oxygens (including phenoxy) is 1. The molecule has 0 aliphatic carbocycles. The molecule has 0 bridgehead atoms. The molecule has 0 fully saturated rings. The van der Waals surface area contributed by atoms with E-state index in [1.165, 1.54) is 0 Å². The van der Waals surface area contributed by atoms with Crippen LogP contribution in [0.25, 0.3) is 0 Å². The van der Waals surface area contributed by atoms with Crippen molar-refractivity contribution >= 4 is 5.97 Å². The van der Waals surface area contributed by atoms with E-state index in [1.54, 1.807) is 0 Å². The molecular weight excluding hydrogens is 222 g/mol. The molecule has 1 aromatic rings. The van der Waals surface area contributed by atoms with Crippen molar-refractivity contribution < 1.29 is 19.1 Å². The second-order valence-electron chi connectivity index (χ2n) is 4.08. The van der Waals surface area contributed by atoms with Gasteiger partial charge in [-0.2, -0.15) is 0 Å². The van der Waals surface area contributed by atoms with Crippen molar-refractivity contribution in [1.82, 2.24) is 4.98 Å². The summed E-state index contributed by atoms with van der Waals surface area (Å²) in [5.41, 5.74) is 0.518. The standard InChI is InChI=1S/C12H19NO4/c1-4-16-7-5-6-9-13-10(8(2)3)11(17-9)12(14)15/h8H,4-7H2,1-3H3,(H,14,15). The lowest BCUT2D eigenvalue weighted by Crippen LogP contribution is -2.01. The smallest absolute Gasteiger partial charge is 0.373 e. The molecule has 17 heavy (non-hydrogen) atoms. The van der Waals surface area contributed by atoms with Gasteiger partial charge in [0.1, 0.15) is 0 Å². The Balaban J connectivity index is 2.68. The summed E-state index contributed by atoms with van der Waals surface area (Å²) in [6.07, 6.45) is 1.39. The van der Waals surface area contributed by atoms with Crippen LogP contribution in [0.15, 0.2) is 4.42 Å². The van der Waals surface area contributed by atoms with Gasteiger partial charge in [0.05, 0.1) is 5.69 Å². The van der Waals surface area contributed by atoms with Crippen LogP contribution in [-0.2, 0) is 11.2 Å². The number of hydrogen-bond acceptors (Lipinski definition) is 4. The van der Waals surface area contributed by atoms with Gasteiger partial charge >= 0.3 is 5.97 Å². The maximum absolute atomic E-state index is 11.0. The third-order valence-electron chi connectivity index (χ3n) is 2.32. The second-order valence-corrected chi connectivity index (χ2v) is 4.08. The van der Waals surface area contributed by atoms with Crippen molar-refractivity contribution in [2.75, 3.05) is 13.2 Å². The molecule has 0 saturated carbocycles. The van der Waals surface area contributed by atoms with Crippen LogP contribution < -0.4 is 0 Å². The maximum atomic E-state index is 11.0. The zero-order chi connectivity index (χ0) is 12.8. The SMILES string of the molecule is CCOCCCc1nc(C(C)C)c(C(=O)O)o1. The highest BCUT2D eigenvalue weighted by Gasteiger charge is 2.21. The van der Waals surface area contributed by atoms with E-state index in [1.807, 2.05) is 20.8 Å². The lowest BCUT2D eigenvalue weighted by atomic mass is 10.1. The van der Waals surface area contributed by atoms with Gasteiger partial charge in [-0.3, -0.25) is 0 Å². The van der Waals surface area contributed by atoms with Gasteiger partial charge in [0.15, 0.2) is 5.89 Å². The molecule has 0 saturated heterocycles. The minimum absolute atomic E-state index is 0.0357. The van der Waals surface area contributed by atoms with E-state index in [-0.39, 0.29) is 11.7 Å². The third-order valence-corrected chi connectivity index (χ3v) is 2.32. The Morgan fingerprint density at radius 1 is 1.53 bits per heavy atom. The van der Waals surface area contributed by atoms with E-state index in [4.69, 9.17) is 14.3 Å². The fraction of sp³-hybridized carbons (Fsp3) is 0.667. The number of nitrogens with zero attached hydrogens (tertiary/aromatic N) is 1. The lowest BCUT2D eigenvalue weighted by molar-refractivity contribution is 0.0658. The van der Waals surface area contributed by atoms with Crippen molar-refractivity contribution in [3.05, 3.63) is 17.3 Å². The Hall–Kier alpha value is -1.36. The molecule has 1 aromatic heterocycles. The van der Waals surface area contributed by atoms with E-state index in [2.05, 4.69) is 4.98 Å². The molecule has 0 unspecified atom stereocenters. The first kappa shape index (κ1) is 13.7. The van der Waals surface area contributed by atoms with Crippen LogP contribution >= 0.6 is 0 Å². The number of hydrogen-bond donors (Lipinski definition) is 1. The Kier molecular flexibility index (Phi) is 5.15. The molecule has 1 rings (SSSR count). The van der Waals surface area contributed by atoms with Crippen LogP contribution in [0.5, 0.6) is 0 Å². The van der Waals surface area contributed by atoms with Crippen LogP contribution in [0.2, 0.25) is 0 Å². The summed E-state index contributed by atoms with van der Waals surface area (Å²) >= 11 is 0. The maximum Gasteiger partial charge on any atom is 0.373 e. The molecular formula is C12H19NO4. The van der Waals surface area contributed by atoms with Crippen LogP contribution in [0, 0.1) is 0 Å². The first-order valence-corrected chi connectivity index (χ1v) is 5.86. The summed E-state index contributed by atoms with van der Waals surface area (Å²) in [4.78, 5) is 15.2. The predicted molar refractivity (Wildman–Crippen MR) is 62.4 cm³/mol. The normalized spacial score (nSPS) is 11.1. The van der Waals surface area contributed by atoms with Gasteiger partial charge in [-0.05, 0) is 19.3 Å². The average molecular weight is 241 g/mol. The molecule has 1 heterocycles. The van der Waals surface area contributed by atoms with Crippen LogP contribution in [0.1, 0.15) is 55.2 Å². The van der Waals surface area contributed by atoms with E-state index >= 15 is 0 Å². The molecule has 1 N–H and O–H groups in total. The summed E-state index contributed by atoms with van der Waals surface area (Å²) in [6, 6.07) is 0. The number of aromatic carboxylic acids is 1. The number of carboxylic acid groups (broad SMARTS) is 1. The Morgan fingerprint density at radius 2 is 2.24 bits per heavy atom. The molecule has 0 spiro atoms. The van der Waals surface area contributed by atoms with Crippen molar-refractivity contribution in [1.29, 1.82) is 0 Å². The average Bonchev–Trinajstić information content (AvgIpc) is 2.69. The van der Waals surface area contributed by atoms with E-state index in [9.17, 15) is 4.79 Å². The van der Waals surface area contributed by atoms with Gasteiger partial charge in [-0.1, -0.05) is 13.8 Å². The monoisotopic (exact) mass is 241 g/mol. The minimum atomic E-state index is -1.06. The Bertz CT molecular complexity index is 371. The van der Waals surface area contributed by atoms with E-state index in [0.29, 0.717) is 31.2 Å². The summed E-state index contributed by atoms with van der Waals surface area (Å²) in [6.45, 7) is 7.05. The highest BCUT2D eigenvalue weighted by molar-refractivity contribution is 5.85. The third kappa shape index (κ3) is 3.85. The Morgan fingerprint density at radius 3 is 2.71 bits per heavy atom. The summed E-state index contributed by atoms with van der Waals surface area (Å²) < 4.78 is 10.5. The largest absolute Gasteiger partial charge is 0.475 e. The topological polar surface area (TPSA) is 72.6 Å². The van der Waals surface area contributed by atoms with Crippen molar-refractivity contribution in [3.63, 3.8) is 0 Å².